The molecule has 0 saturated carbocycles. The van der Waals surface area contributed by atoms with E-state index in [1.165, 1.54) is 64.3 Å². The van der Waals surface area contributed by atoms with Gasteiger partial charge in [0.25, 0.3) is 0 Å². The van der Waals surface area contributed by atoms with Gasteiger partial charge in [0.15, 0.2) is 0 Å². The summed E-state index contributed by atoms with van der Waals surface area (Å²) < 4.78 is 0. The fourth-order valence-electron chi connectivity index (χ4n) is 3.85. The van der Waals surface area contributed by atoms with E-state index in [1.54, 1.807) is 0 Å². The van der Waals surface area contributed by atoms with Crippen molar-refractivity contribution in [3.05, 3.63) is 12.7 Å². The average molecular weight is 235 g/mol. The Balaban J connectivity index is 1.71. The number of unbranched alkanes of at least 4 members (excludes halogenated alkanes) is 3. The first kappa shape index (κ1) is 13.1. The quantitative estimate of drug-likeness (QED) is 0.487. The summed E-state index contributed by atoms with van der Waals surface area (Å²) in [6, 6.07) is 1.85. The molecule has 98 valence electrons. The molecule has 2 fully saturated rings. The van der Waals surface area contributed by atoms with Crippen molar-refractivity contribution < 1.29 is 0 Å². The third-order valence-electron chi connectivity index (χ3n) is 4.87. The second-order valence-corrected chi connectivity index (χ2v) is 6.08. The maximum atomic E-state index is 3.79. The van der Waals surface area contributed by atoms with Crippen LogP contribution >= 0.6 is 0 Å². The second kappa shape index (κ2) is 6.58. The minimum Gasteiger partial charge on any atom is -0.297 e. The van der Waals surface area contributed by atoms with Gasteiger partial charge in [0.05, 0.1) is 0 Å². The highest BCUT2D eigenvalue weighted by Crippen LogP contribution is 2.36. The highest BCUT2D eigenvalue weighted by Gasteiger charge is 2.37. The smallest absolute Gasteiger partial charge is 0.0124 e. The Morgan fingerprint density at radius 2 is 2.06 bits per heavy atom. The maximum absolute atomic E-state index is 3.79. The topological polar surface area (TPSA) is 3.24 Å². The fourth-order valence-corrected chi connectivity index (χ4v) is 3.85. The number of allylic oxidation sites excluding steroid dienone is 1. The molecule has 2 rings (SSSR count). The Morgan fingerprint density at radius 1 is 1.18 bits per heavy atom. The van der Waals surface area contributed by atoms with Gasteiger partial charge >= 0.3 is 0 Å². The van der Waals surface area contributed by atoms with E-state index in [9.17, 15) is 0 Å². The SMILES string of the molecule is C=CCCCCC[C@@H]1CC[C@@H](C)[C@@H]2CCCN12. The molecule has 0 amide bonds. The predicted octanol–water partition coefficient (Wildman–Crippen LogP) is 4.39. The van der Waals surface area contributed by atoms with Crippen LogP contribution in [0.4, 0.5) is 0 Å². The van der Waals surface area contributed by atoms with E-state index < -0.39 is 0 Å². The molecular weight excluding hydrogens is 206 g/mol. The van der Waals surface area contributed by atoms with Crippen LogP contribution in [0.2, 0.25) is 0 Å². The Morgan fingerprint density at radius 3 is 2.88 bits per heavy atom. The molecule has 3 atom stereocenters. The molecule has 1 heteroatoms. The summed E-state index contributed by atoms with van der Waals surface area (Å²) in [5.41, 5.74) is 0. The molecule has 0 radical (unpaired) electrons. The molecule has 0 aromatic rings. The zero-order valence-corrected chi connectivity index (χ0v) is 11.5. The van der Waals surface area contributed by atoms with Crippen molar-refractivity contribution >= 4 is 0 Å². The van der Waals surface area contributed by atoms with Gasteiger partial charge < -0.3 is 0 Å². The number of rotatable bonds is 6. The normalized spacial score (nSPS) is 33.6. The molecule has 2 aliphatic heterocycles. The monoisotopic (exact) mass is 235 g/mol. The van der Waals surface area contributed by atoms with Crippen LogP contribution in [-0.2, 0) is 0 Å². The Kier molecular flexibility index (Phi) is 5.09. The molecular formula is C16H29N. The average Bonchev–Trinajstić information content (AvgIpc) is 2.81. The lowest BCUT2D eigenvalue weighted by Gasteiger charge is -2.41. The third kappa shape index (κ3) is 3.34. The Labute approximate surface area is 107 Å². The predicted molar refractivity (Wildman–Crippen MR) is 75.2 cm³/mol. The van der Waals surface area contributed by atoms with Gasteiger partial charge in [0, 0.05) is 12.1 Å². The third-order valence-corrected chi connectivity index (χ3v) is 4.87. The van der Waals surface area contributed by atoms with E-state index in [-0.39, 0.29) is 0 Å². The van der Waals surface area contributed by atoms with Gasteiger partial charge in [0.1, 0.15) is 0 Å². The largest absolute Gasteiger partial charge is 0.297 e. The van der Waals surface area contributed by atoms with E-state index >= 15 is 0 Å². The summed E-state index contributed by atoms with van der Waals surface area (Å²) in [7, 11) is 0. The molecule has 17 heavy (non-hydrogen) atoms. The molecule has 0 aliphatic carbocycles. The van der Waals surface area contributed by atoms with E-state index in [4.69, 9.17) is 0 Å². The number of nitrogens with zero attached hydrogens (tertiary/aromatic N) is 1. The van der Waals surface area contributed by atoms with Crippen molar-refractivity contribution in [2.45, 2.75) is 76.8 Å². The first-order valence-corrected chi connectivity index (χ1v) is 7.69. The number of hydrogen-bond acceptors (Lipinski definition) is 1. The Bertz CT molecular complexity index is 236. The van der Waals surface area contributed by atoms with Gasteiger partial charge in [-0.05, 0) is 57.4 Å². The summed E-state index contributed by atoms with van der Waals surface area (Å²) in [6.07, 6.45) is 14.7. The lowest BCUT2D eigenvalue weighted by molar-refractivity contribution is 0.0751. The van der Waals surface area contributed by atoms with E-state index in [2.05, 4.69) is 24.5 Å². The number of fused-ring (bicyclic) bond motifs is 1. The highest BCUT2D eigenvalue weighted by molar-refractivity contribution is 4.92. The van der Waals surface area contributed by atoms with Crippen molar-refractivity contribution in [1.29, 1.82) is 0 Å². The second-order valence-electron chi connectivity index (χ2n) is 6.08. The van der Waals surface area contributed by atoms with Crippen LogP contribution in [0.1, 0.15) is 64.7 Å². The minimum atomic E-state index is 0.919. The molecule has 2 heterocycles. The molecule has 0 unspecified atom stereocenters. The van der Waals surface area contributed by atoms with Crippen LogP contribution in [-0.4, -0.2) is 23.5 Å². The van der Waals surface area contributed by atoms with E-state index in [0.717, 1.165) is 18.0 Å². The summed E-state index contributed by atoms with van der Waals surface area (Å²) in [5, 5.41) is 0. The first-order valence-electron chi connectivity index (χ1n) is 7.69. The summed E-state index contributed by atoms with van der Waals surface area (Å²) in [4.78, 5) is 2.85. The fraction of sp³-hybridized carbons (Fsp3) is 0.875. The van der Waals surface area contributed by atoms with Crippen LogP contribution in [0.3, 0.4) is 0 Å². The number of piperidine rings is 1. The van der Waals surface area contributed by atoms with Crippen LogP contribution in [0.25, 0.3) is 0 Å². The van der Waals surface area contributed by atoms with Crippen LogP contribution in [0.5, 0.6) is 0 Å². The standard InChI is InChI=1S/C16H29N/c1-3-4-5-6-7-9-15-12-11-14(2)16-10-8-13-17(15)16/h3,14-16H,1,4-13H2,2H3/t14-,15-,16+/m1/s1. The zero-order chi connectivity index (χ0) is 12.1. The lowest BCUT2D eigenvalue weighted by Crippen LogP contribution is -2.46. The molecule has 0 N–H and O–H groups in total. The van der Waals surface area contributed by atoms with Gasteiger partial charge in [-0.1, -0.05) is 25.8 Å². The Hall–Kier alpha value is -0.300. The van der Waals surface area contributed by atoms with Crippen molar-refractivity contribution in [3.8, 4) is 0 Å². The summed E-state index contributed by atoms with van der Waals surface area (Å²) >= 11 is 0. The highest BCUT2D eigenvalue weighted by atomic mass is 15.2. The maximum Gasteiger partial charge on any atom is 0.0124 e. The van der Waals surface area contributed by atoms with Crippen LogP contribution in [0, 0.1) is 5.92 Å². The first-order chi connectivity index (χ1) is 8.33. The van der Waals surface area contributed by atoms with E-state index in [1.807, 2.05) is 0 Å². The van der Waals surface area contributed by atoms with Crippen molar-refractivity contribution in [2.75, 3.05) is 6.54 Å². The molecule has 0 aromatic heterocycles. The molecule has 2 aliphatic rings. The zero-order valence-electron chi connectivity index (χ0n) is 11.5. The van der Waals surface area contributed by atoms with Crippen molar-refractivity contribution in [3.63, 3.8) is 0 Å². The summed E-state index contributed by atoms with van der Waals surface area (Å²) in [6.45, 7) is 7.63. The lowest BCUT2D eigenvalue weighted by atomic mass is 9.85. The number of hydrogen-bond donors (Lipinski definition) is 0. The van der Waals surface area contributed by atoms with Crippen LogP contribution in [0.15, 0.2) is 12.7 Å². The van der Waals surface area contributed by atoms with Crippen molar-refractivity contribution in [2.24, 2.45) is 5.92 Å². The molecule has 0 spiro atoms. The van der Waals surface area contributed by atoms with E-state index in [0.29, 0.717) is 0 Å². The van der Waals surface area contributed by atoms with Gasteiger partial charge in [-0.3, -0.25) is 4.90 Å². The molecule has 1 nitrogen and oxygen atoms in total. The van der Waals surface area contributed by atoms with Gasteiger partial charge in [-0.25, -0.2) is 0 Å². The van der Waals surface area contributed by atoms with Gasteiger partial charge in [-0.15, -0.1) is 6.58 Å². The van der Waals surface area contributed by atoms with Gasteiger partial charge in [-0.2, -0.15) is 0 Å². The minimum absolute atomic E-state index is 0.919. The van der Waals surface area contributed by atoms with Gasteiger partial charge in [0.2, 0.25) is 0 Å². The molecule has 2 saturated heterocycles. The van der Waals surface area contributed by atoms with Crippen molar-refractivity contribution in [1.82, 2.24) is 4.90 Å². The summed E-state index contributed by atoms with van der Waals surface area (Å²) in [5.74, 6) is 0.953. The molecule has 0 aromatic carbocycles. The van der Waals surface area contributed by atoms with Crippen LogP contribution < -0.4 is 0 Å². The molecule has 0 bridgehead atoms.